The highest BCUT2D eigenvalue weighted by molar-refractivity contribution is 7.89. The Kier molecular flexibility index (Phi) is 6.71. The van der Waals surface area contributed by atoms with Crippen molar-refractivity contribution in [3.05, 3.63) is 54.1 Å². The number of carbonyl (C=O) groups is 3. The average molecular weight is 445 g/mol. The zero-order valence-corrected chi connectivity index (χ0v) is 17.9. The zero-order valence-electron chi connectivity index (χ0n) is 17.1. The molecule has 2 aromatic rings. The van der Waals surface area contributed by atoms with Crippen LogP contribution in [0.3, 0.4) is 0 Å². The summed E-state index contributed by atoms with van der Waals surface area (Å²) in [4.78, 5) is 38.7. The summed E-state index contributed by atoms with van der Waals surface area (Å²) in [6.45, 7) is 3.02. The largest absolute Gasteiger partial charge is 0.452 e. The molecule has 0 fully saturated rings. The highest BCUT2D eigenvalue weighted by Gasteiger charge is 2.30. The van der Waals surface area contributed by atoms with E-state index in [1.807, 2.05) is 0 Å². The topological polar surface area (TPSA) is 122 Å². The molecule has 31 heavy (non-hydrogen) atoms. The second-order valence-corrected chi connectivity index (χ2v) is 8.75. The minimum absolute atomic E-state index is 0.00735. The predicted octanol–water partition coefficient (Wildman–Crippen LogP) is 1.91. The molecular weight excluding hydrogens is 422 g/mol. The average Bonchev–Trinajstić information content (AvgIpc) is 2.86. The van der Waals surface area contributed by atoms with Crippen LogP contribution in [0.25, 0.3) is 0 Å². The van der Waals surface area contributed by atoms with Gasteiger partial charge in [-0.05, 0) is 37.3 Å². The molecule has 1 atom stereocenters. The molecule has 0 bridgehead atoms. The number of para-hydroxylation sites is 2. The summed E-state index contributed by atoms with van der Waals surface area (Å²) in [6.07, 6.45) is 0.0959. The van der Waals surface area contributed by atoms with E-state index in [0.29, 0.717) is 11.4 Å². The van der Waals surface area contributed by atoms with Crippen LogP contribution in [0, 0.1) is 0 Å². The van der Waals surface area contributed by atoms with Gasteiger partial charge in [-0.15, -0.1) is 0 Å². The summed E-state index contributed by atoms with van der Waals surface area (Å²) in [5, 5.41) is 2.76. The number of anilines is 2. The summed E-state index contributed by atoms with van der Waals surface area (Å²) < 4.78 is 31.8. The fraction of sp³-hybridized carbons (Fsp3) is 0.286. The third-order valence-corrected chi connectivity index (χ3v) is 6.21. The van der Waals surface area contributed by atoms with Crippen molar-refractivity contribution in [3.63, 3.8) is 0 Å². The second-order valence-electron chi connectivity index (χ2n) is 6.99. The lowest BCUT2D eigenvalue weighted by Gasteiger charge is -2.27. The maximum absolute atomic E-state index is 12.9. The van der Waals surface area contributed by atoms with Gasteiger partial charge < -0.3 is 15.0 Å². The number of benzene rings is 2. The van der Waals surface area contributed by atoms with Crippen molar-refractivity contribution in [2.75, 3.05) is 23.4 Å². The molecule has 0 saturated carbocycles. The van der Waals surface area contributed by atoms with E-state index in [1.165, 1.54) is 29.2 Å². The van der Waals surface area contributed by atoms with E-state index in [1.54, 1.807) is 38.1 Å². The summed E-state index contributed by atoms with van der Waals surface area (Å²) in [7, 11) is -3.74. The summed E-state index contributed by atoms with van der Waals surface area (Å²) in [6, 6.07) is 11.8. The van der Waals surface area contributed by atoms with E-state index in [9.17, 15) is 22.8 Å². The van der Waals surface area contributed by atoms with Crippen molar-refractivity contribution < 1.29 is 27.5 Å². The third kappa shape index (κ3) is 5.09. The van der Waals surface area contributed by atoms with Gasteiger partial charge in [0.2, 0.25) is 15.9 Å². The van der Waals surface area contributed by atoms with Crippen LogP contribution >= 0.6 is 0 Å². The summed E-state index contributed by atoms with van der Waals surface area (Å²) in [5.74, 6) is -1.54. The van der Waals surface area contributed by atoms with Crippen molar-refractivity contribution in [2.45, 2.75) is 31.2 Å². The van der Waals surface area contributed by atoms with Gasteiger partial charge in [0, 0.05) is 19.0 Å². The maximum Gasteiger partial charge on any atom is 0.338 e. The first kappa shape index (κ1) is 22.4. The van der Waals surface area contributed by atoms with Crippen molar-refractivity contribution in [2.24, 2.45) is 0 Å². The van der Waals surface area contributed by atoms with Crippen LogP contribution in [0.2, 0.25) is 0 Å². The Morgan fingerprint density at radius 3 is 2.68 bits per heavy atom. The Hall–Kier alpha value is -3.24. The Morgan fingerprint density at radius 2 is 1.94 bits per heavy atom. The first-order chi connectivity index (χ1) is 14.7. The molecule has 0 aliphatic carbocycles. The molecule has 2 aromatic carbocycles. The van der Waals surface area contributed by atoms with Gasteiger partial charge in [-0.2, -0.15) is 0 Å². The van der Waals surface area contributed by atoms with Crippen molar-refractivity contribution >= 4 is 39.2 Å². The number of rotatable bonds is 6. The van der Waals surface area contributed by atoms with Gasteiger partial charge in [0.15, 0.2) is 6.61 Å². The van der Waals surface area contributed by atoms with Crippen molar-refractivity contribution in [1.82, 2.24) is 4.72 Å². The SMILES string of the molecule is CCNS(=O)(=O)c1cccc(C(=O)OCC(=O)N2c3ccccc3NC(=O)CC2C)c1. The second kappa shape index (κ2) is 9.27. The molecule has 2 amide bonds. The van der Waals surface area contributed by atoms with Crippen LogP contribution in [0.1, 0.15) is 30.6 Å². The fourth-order valence-electron chi connectivity index (χ4n) is 3.31. The number of hydrogen-bond donors (Lipinski definition) is 2. The summed E-state index contributed by atoms with van der Waals surface area (Å²) in [5.41, 5.74) is 1.02. The number of esters is 1. The monoisotopic (exact) mass is 445 g/mol. The Labute approximate surface area is 180 Å². The molecule has 0 radical (unpaired) electrons. The van der Waals surface area contributed by atoms with E-state index in [0.717, 1.165) is 0 Å². The van der Waals surface area contributed by atoms with Crippen LogP contribution in [0.15, 0.2) is 53.4 Å². The van der Waals surface area contributed by atoms with Gasteiger partial charge in [0.1, 0.15) is 0 Å². The molecule has 2 N–H and O–H groups in total. The van der Waals surface area contributed by atoms with Gasteiger partial charge in [-0.1, -0.05) is 25.1 Å². The lowest BCUT2D eigenvalue weighted by Crippen LogP contribution is -2.41. The minimum atomic E-state index is -3.74. The molecule has 3 rings (SSSR count). The standard InChI is InChI=1S/C21H23N3O6S/c1-3-22-31(28,29)16-8-6-7-15(12-16)21(27)30-13-20(26)24-14(2)11-19(25)23-17-9-4-5-10-18(17)24/h4-10,12,14,22H,3,11,13H2,1-2H3,(H,23,25). The van der Waals surface area contributed by atoms with E-state index in [4.69, 9.17) is 4.74 Å². The first-order valence-electron chi connectivity index (χ1n) is 9.70. The molecular formula is C21H23N3O6S. The number of nitrogens with one attached hydrogen (secondary N) is 2. The molecule has 1 unspecified atom stereocenters. The van der Waals surface area contributed by atoms with Gasteiger partial charge >= 0.3 is 5.97 Å². The van der Waals surface area contributed by atoms with Crippen LogP contribution in [0.5, 0.6) is 0 Å². The number of carbonyl (C=O) groups excluding carboxylic acids is 3. The third-order valence-electron chi connectivity index (χ3n) is 4.67. The summed E-state index contributed by atoms with van der Waals surface area (Å²) >= 11 is 0. The molecule has 1 aliphatic rings. The molecule has 1 heterocycles. The highest BCUT2D eigenvalue weighted by atomic mass is 32.2. The quantitative estimate of drug-likeness (QED) is 0.655. The fourth-order valence-corrected chi connectivity index (χ4v) is 4.40. The molecule has 10 heteroatoms. The molecule has 1 aliphatic heterocycles. The smallest absolute Gasteiger partial charge is 0.338 e. The molecule has 164 valence electrons. The zero-order chi connectivity index (χ0) is 22.6. The van der Waals surface area contributed by atoms with E-state index >= 15 is 0 Å². The highest BCUT2D eigenvalue weighted by Crippen LogP contribution is 2.31. The lowest BCUT2D eigenvalue weighted by atomic mass is 10.1. The first-order valence-corrected chi connectivity index (χ1v) is 11.2. The van der Waals surface area contributed by atoms with Crippen LogP contribution in [-0.4, -0.2) is 45.4 Å². The normalized spacial score (nSPS) is 16.1. The number of amides is 2. The van der Waals surface area contributed by atoms with E-state index < -0.39 is 34.5 Å². The molecule has 9 nitrogen and oxygen atoms in total. The van der Waals surface area contributed by atoms with Gasteiger partial charge in [-0.25, -0.2) is 17.9 Å². The van der Waals surface area contributed by atoms with E-state index in [-0.39, 0.29) is 29.3 Å². The van der Waals surface area contributed by atoms with Crippen LogP contribution in [-0.2, 0) is 24.3 Å². The number of fused-ring (bicyclic) bond motifs is 1. The van der Waals surface area contributed by atoms with Gasteiger partial charge in [-0.3, -0.25) is 9.59 Å². The molecule has 0 aromatic heterocycles. The Morgan fingerprint density at radius 1 is 1.19 bits per heavy atom. The Bertz CT molecular complexity index is 1120. The van der Waals surface area contributed by atoms with Crippen LogP contribution in [0.4, 0.5) is 11.4 Å². The lowest BCUT2D eigenvalue weighted by molar-refractivity contribution is -0.122. The van der Waals surface area contributed by atoms with Crippen molar-refractivity contribution in [1.29, 1.82) is 0 Å². The number of hydrogen-bond acceptors (Lipinski definition) is 6. The Balaban J connectivity index is 1.75. The number of sulfonamides is 1. The number of ether oxygens (including phenoxy) is 1. The molecule has 0 saturated heterocycles. The number of nitrogens with zero attached hydrogens (tertiary/aromatic N) is 1. The van der Waals surface area contributed by atoms with Gasteiger partial charge in [0.05, 0.1) is 21.8 Å². The van der Waals surface area contributed by atoms with Crippen molar-refractivity contribution in [3.8, 4) is 0 Å². The predicted molar refractivity (Wildman–Crippen MR) is 114 cm³/mol. The maximum atomic E-state index is 12.9. The minimum Gasteiger partial charge on any atom is -0.452 e. The van der Waals surface area contributed by atoms with E-state index in [2.05, 4.69) is 10.0 Å². The van der Waals surface area contributed by atoms with Gasteiger partial charge in [0.25, 0.3) is 5.91 Å². The molecule has 0 spiro atoms. The van der Waals surface area contributed by atoms with Crippen LogP contribution < -0.4 is 14.9 Å².